The Kier molecular flexibility index (Phi) is 8.78. The van der Waals surface area contributed by atoms with E-state index in [4.69, 9.17) is 8.85 Å². The molecule has 0 radical (unpaired) electrons. The summed E-state index contributed by atoms with van der Waals surface area (Å²) >= 11 is -0.126. The molecular weight excluding hydrogens is 672 g/mol. The zero-order valence-corrected chi connectivity index (χ0v) is 34.6. The van der Waals surface area contributed by atoms with E-state index in [0.29, 0.717) is 18.6 Å². The van der Waals surface area contributed by atoms with Crippen molar-refractivity contribution in [3.05, 3.63) is 53.6 Å². The Balaban J connectivity index is 1.77. The average molecular weight is 732 g/mol. The second kappa shape index (κ2) is 11.1. The molecule has 1 aromatic carbocycles. The summed E-state index contributed by atoms with van der Waals surface area (Å²) in [6, 6.07) is 10.5. The molecule has 0 amide bonds. The molecule has 5 rings (SSSR count). The van der Waals surface area contributed by atoms with Crippen molar-refractivity contribution >= 4 is 41.8 Å². The molecule has 2 fully saturated rings. The van der Waals surface area contributed by atoms with Gasteiger partial charge in [0.2, 0.25) is 0 Å². The van der Waals surface area contributed by atoms with Gasteiger partial charge in [0.05, 0.1) is 0 Å². The normalized spacial score (nSPS) is 37.5. The van der Waals surface area contributed by atoms with Crippen LogP contribution in [0.3, 0.4) is 0 Å². The van der Waals surface area contributed by atoms with Crippen LogP contribution in [-0.4, -0.2) is 71.5 Å². The van der Waals surface area contributed by atoms with E-state index in [2.05, 4.69) is 113 Å². The Labute approximate surface area is 287 Å². The fraction of sp³-hybridized carbons (Fsp3) is 0.711. The van der Waals surface area contributed by atoms with Crippen LogP contribution in [0.5, 0.6) is 0 Å². The zero-order chi connectivity index (χ0) is 34.7. The first-order valence-corrected chi connectivity index (χ1v) is 24.9. The molecule has 0 unspecified atom stereocenters. The zero-order valence-electron chi connectivity index (χ0n) is 30.9. The van der Waals surface area contributed by atoms with Gasteiger partial charge in [0.25, 0.3) is 0 Å². The van der Waals surface area contributed by atoms with Crippen molar-refractivity contribution in [3.8, 4) is 0 Å². The number of hydrogen-bond acceptors (Lipinski definition) is 5. The van der Waals surface area contributed by atoms with Crippen molar-refractivity contribution in [1.29, 1.82) is 0 Å². The topological polar surface area (TPSA) is 76.0 Å². The van der Waals surface area contributed by atoms with E-state index in [-0.39, 0.29) is 58.8 Å². The second-order valence-corrected chi connectivity index (χ2v) is 30.6. The van der Waals surface area contributed by atoms with Crippen molar-refractivity contribution in [3.63, 3.8) is 0 Å². The van der Waals surface area contributed by atoms with Gasteiger partial charge in [-0.2, -0.15) is 0 Å². The van der Waals surface area contributed by atoms with E-state index in [1.165, 1.54) is 4.46 Å². The van der Waals surface area contributed by atoms with Gasteiger partial charge in [-0.05, 0) is 0 Å². The minimum atomic E-state index is -2.27. The molecule has 46 heavy (non-hydrogen) atoms. The van der Waals surface area contributed by atoms with Gasteiger partial charge >= 0.3 is 289 Å². The summed E-state index contributed by atoms with van der Waals surface area (Å²) in [5.41, 5.74) is -2.08. The first kappa shape index (κ1) is 36.4. The van der Waals surface area contributed by atoms with E-state index in [0.717, 1.165) is 5.57 Å². The second-order valence-electron chi connectivity index (χ2n) is 18.6. The summed E-state index contributed by atoms with van der Waals surface area (Å²) in [7, 11) is -4.45. The molecule has 2 bridgehead atoms. The van der Waals surface area contributed by atoms with Gasteiger partial charge in [0.15, 0.2) is 0 Å². The number of ketones is 1. The molecule has 2 saturated carbocycles. The van der Waals surface area contributed by atoms with Crippen LogP contribution in [0.25, 0.3) is 0 Å². The first-order chi connectivity index (χ1) is 20.8. The summed E-state index contributed by atoms with van der Waals surface area (Å²) < 4.78 is 15.7. The number of hydrogen-bond donors (Lipinski definition) is 2. The molecule has 0 heterocycles. The number of rotatable bonds is 7. The van der Waals surface area contributed by atoms with Gasteiger partial charge in [0.1, 0.15) is 0 Å². The molecule has 0 aliphatic heterocycles. The SMILES string of the molecule is CC1=C[C@@]23C(=O)[C@H]([C@@H]4C(C)(C)[C@]4(O[Si](C)(C)C(C)(C)C)C[C@H]2C)[C@@H]([Se]c2ccccc2)C(CO[Si](C)(C)C(C)(C)C)=C[C@]3(O)[C@H]1O. The van der Waals surface area contributed by atoms with Crippen molar-refractivity contribution in [1.82, 2.24) is 0 Å². The van der Waals surface area contributed by atoms with E-state index in [1.54, 1.807) is 0 Å². The third-order valence-electron chi connectivity index (χ3n) is 13.5. The molecule has 4 aliphatic rings. The van der Waals surface area contributed by atoms with Crippen LogP contribution in [-0.2, 0) is 13.6 Å². The summed E-state index contributed by atoms with van der Waals surface area (Å²) in [5, 5.41) is 24.8. The molecule has 1 aromatic rings. The van der Waals surface area contributed by atoms with Gasteiger partial charge in [-0.3, -0.25) is 0 Å². The van der Waals surface area contributed by atoms with Crippen molar-refractivity contribution in [2.24, 2.45) is 28.6 Å². The predicted molar refractivity (Wildman–Crippen MR) is 195 cm³/mol. The van der Waals surface area contributed by atoms with Gasteiger partial charge in [0, 0.05) is 0 Å². The molecule has 2 N–H and O–H groups in total. The Hall–Kier alpha value is -0.837. The quantitative estimate of drug-likeness (QED) is 0.225. The maximum absolute atomic E-state index is 15.7. The van der Waals surface area contributed by atoms with Crippen molar-refractivity contribution in [2.75, 3.05) is 6.61 Å². The van der Waals surface area contributed by atoms with E-state index in [9.17, 15) is 10.2 Å². The van der Waals surface area contributed by atoms with Crippen LogP contribution >= 0.6 is 0 Å². The van der Waals surface area contributed by atoms with Crippen LogP contribution < -0.4 is 4.46 Å². The average Bonchev–Trinajstić information content (AvgIpc) is 3.33. The fourth-order valence-electron chi connectivity index (χ4n) is 8.55. The summed E-state index contributed by atoms with van der Waals surface area (Å²) in [6.07, 6.45) is 3.38. The van der Waals surface area contributed by atoms with Crippen LogP contribution in [0.15, 0.2) is 53.6 Å². The summed E-state index contributed by atoms with van der Waals surface area (Å²) in [5.74, 6) is -0.541. The Morgan fingerprint density at radius 2 is 1.52 bits per heavy atom. The Morgan fingerprint density at radius 3 is 2.07 bits per heavy atom. The molecule has 256 valence electrons. The maximum atomic E-state index is 15.7. The number of carbonyl (C=O) groups is 1. The molecule has 0 aromatic heterocycles. The van der Waals surface area contributed by atoms with Crippen LogP contribution in [0.2, 0.25) is 41.1 Å². The van der Waals surface area contributed by atoms with Crippen LogP contribution in [0.4, 0.5) is 0 Å². The van der Waals surface area contributed by atoms with Crippen LogP contribution in [0, 0.1) is 28.6 Å². The van der Waals surface area contributed by atoms with E-state index in [1.807, 2.05) is 25.1 Å². The predicted octanol–water partition coefficient (Wildman–Crippen LogP) is 7.45. The molecule has 1 spiro atoms. The number of aliphatic hydroxyl groups excluding tert-OH is 1. The molecule has 8 heteroatoms. The number of aliphatic hydroxyl groups is 2. The summed E-state index contributed by atoms with van der Waals surface area (Å²) in [6.45, 7) is 31.7. The molecule has 8 atom stereocenters. The molecule has 5 nitrogen and oxygen atoms in total. The minimum absolute atomic E-state index is 0.00382. The fourth-order valence-corrected chi connectivity index (χ4v) is 14.0. The van der Waals surface area contributed by atoms with E-state index < -0.39 is 39.4 Å². The third-order valence-corrected chi connectivity index (χ3v) is 25.4. The molecule has 4 aliphatic carbocycles. The number of benzene rings is 1. The summed E-state index contributed by atoms with van der Waals surface area (Å²) in [4.78, 5) is 15.5. The standard InChI is InChI=1S/C38H60O5SeSi2/c1-24-20-36-25(2)21-38(43-46(13,14)34(6,7)8)30(35(38,9)10)28(32(36)40)29(44-27-18-16-15-17-19-27)26(22-37(36,41)31(24)39)23-42-45(11,12)33(3,4)5/h15-20,22,25,28-31,39,41H,21,23H2,1-14H3/t25-,28+,29+,30-,31+,36+,37+,38+/m1/s1. The Bertz CT molecular complexity index is 1440. The Morgan fingerprint density at radius 1 is 0.957 bits per heavy atom. The van der Waals surface area contributed by atoms with E-state index >= 15 is 4.79 Å². The monoisotopic (exact) mass is 732 g/mol. The van der Waals surface area contributed by atoms with Gasteiger partial charge in [-0.25, -0.2) is 0 Å². The molecular formula is C38H60O5SeSi2. The molecule has 0 saturated heterocycles. The van der Waals surface area contributed by atoms with Gasteiger partial charge in [-0.15, -0.1) is 0 Å². The first-order valence-electron chi connectivity index (χ1n) is 17.2. The third kappa shape index (κ3) is 5.14. The van der Waals surface area contributed by atoms with Crippen molar-refractivity contribution < 1.29 is 23.9 Å². The van der Waals surface area contributed by atoms with Gasteiger partial charge < -0.3 is 0 Å². The number of fused-ring (bicyclic) bond motifs is 3. The number of Topliss-reactive ketones (excluding diaryl/α,β-unsaturated/α-hetero) is 1. The number of carbonyl (C=O) groups excluding carboxylic acids is 1. The van der Waals surface area contributed by atoms with Crippen LogP contribution in [0.1, 0.15) is 75.7 Å². The van der Waals surface area contributed by atoms with Gasteiger partial charge in [-0.1, -0.05) is 0 Å². The van der Waals surface area contributed by atoms with Crippen molar-refractivity contribution in [2.45, 2.75) is 134 Å².